The fourth-order valence-electron chi connectivity index (χ4n) is 2.27. The van der Waals surface area contributed by atoms with Crippen LogP contribution in [0.3, 0.4) is 0 Å². The molecule has 0 saturated carbocycles. The van der Waals surface area contributed by atoms with Gasteiger partial charge in [-0.25, -0.2) is 0 Å². The minimum atomic E-state index is -0.202. The summed E-state index contributed by atoms with van der Waals surface area (Å²) in [5, 5.41) is 9.91. The molecule has 1 N–H and O–H groups in total. The molecule has 132 valence electrons. The minimum absolute atomic E-state index is 0.0895. The number of phenolic OH excluding ortho intramolecular Hbond substituents is 1. The number of allylic oxidation sites excluding steroid dienone is 1. The van der Waals surface area contributed by atoms with E-state index in [1.165, 1.54) is 34.5 Å². The maximum Gasteiger partial charge on any atom is 0.200 e. The van der Waals surface area contributed by atoms with Crippen LogP contribution in [0.2, 0.25) is 0 Å². The molecule has 0 unspecified atom stereocenters. The highest BCUT2D eigenvalue weighted by Crippen LogP contribution is 2.37. The van der Waals surface area contributed by atoms with Gasteiger partial charge in [0.2, 0.25) is 5.75 Å². The summed E-state index contributed by atoms with van der Waals surface area (Å²) in [5.41, 5.74) is 1.12. The van der Waals surface area contributed by atoms with Crippen molar-refractivity contribution < 1.29 is 28.8 Å². The van der Waals surface area contributed by atoms with E-state index in [0.29, 0.717) is 22.6 Å². The Kier molecular flexibility index (Phi) is 5.89. The van der Waals surface area contributed by atoms with Crippen LogP contribution in [0.4, 0.5) is 0 Å². The molecule has 0 amide bonds. The van der Waals surface area contributed by atoms with Gasteiger partial charge in [0.1, 0.15) is 0 Å². The van der Waals surface area contributed by atoms with E-state index in [-0.39, 0.29) is 23.0 Å². The Morgan fingerprint density at radius 2 is 1.40 bits per heavy atom. The van der Waals surface area contributed by atoms with Gasteiger partial charge in [0, 0.05) is 5.56 Å². The molecule has 0 aliphatic carbocycles. The van der Waals surface area contributed by atoms with Crippen LogP contribution in [0.5, 0.6) is 28.7 Å². The van der Waals surface area contributed by atoms with Gasteiger partial charge >= 0.3 is 0 Å². The number of ether oxygens (including phenoxy) is 4. The number of phenols is 1. The van der Waals surface area contributed by atoms with Crippen molar-refractivity contribution >= 4 is 11.9 Å². The Morgan fingerprint density at radius 1 is 0.840 bits per heavy atom. The molecule has 0 heterocycles. The highest BCUT2D eigenvalue weighted by molar-refractivity contribution is 6.07. The van der Waals surface area contributed by atoms with Gasteiger partial charge in [0.15, 0.2) is 28.8 Å². The molecule has 0 fully saturated rings. The van der Waals surface area contributed by atoms with Crippen LogP contribution in [-0.4, -0.2) is 39.3 Å². The molecule has 0 aromatic heterocycles. The molecule has 25 heavy (non-hydrogen) atoms. The number of carbonyl (C=O) groups is 1. The second-order valence-electron chi connectivity index (χ2n) is 5.04. The highest BCUT2D eigenvalue weighted by atomic mass is 16.5. The van der Waals surface area contributed by atoms with Crippen molar-refractivity contribution in [2.45, 2.75) is 0 Å². The van der Waals surface area contributed by atoms with Gasteiger partial charge in [0.05, 0.1) is 28.4 Å². The average Bonchev–Trinajstić information content (AvgIpc) is 2.66. The monoisotopic (exact) mass is 344 g/mol. The molecule has 2 aromatic carbocycles. The predicted molar refractivity (Wildman–Crippen MR) is 94.1 cm³/mol. The molecule has 2 aromatic rings. The van der Waals surface area contributed by atoms with E-state index in [1.807, 2.05) is 0 Å². The zero-order chi connectivity index (χ0) is 18.4. The largest absolute Gasteiger partial charge is 0.502 e. The number of hydrogen-bond acceptors (Lipinski definition) is 6. The molecule has 0 aliphatic heterocycles. The number of methoxy groups -OCH3 is 4. The van der Waals surface area contributed by atoms with Crippen molar-refractivity contribution in [1.29, 1.82) is 0 Å². The van der Waals surface area contributed by atoms with E-state index in [2.05, 4.69) is 0 Å². The fraction of sp³-hybridized carbons (Fsp3) is 0.211. The van der Waals surface area contributed by atoms with Gasteiger partial charge in [0.25, 0.3) is 0 Å². The van der Waals surface area contributed by atoms with Gasteiger partial charge in [-0.15, -0.1) is 0 Å². The fourth-order valence-corrected chi connectivity index (χ4v) is 2.27. The van der Waals surface area contributed by atoms with E-state index < -0.39 is 0 Å². The second kappa shape index (κ2) is 8.10. The third kappa shape index (κ3) is 4.03. The molecule has 0 spiro atoms. The Morgan fingerprint density at radius 3 is 1.92 bits per heavy atom. The van der Waals surface area contributed by atoms with Gasteiger partial charge in [-0.2, -0.15) is 0 Å². The molecule has 6 heteroatoms. The molecule has 0 radical (unpaired) electrons. The van der Waals surface area contributed by atoms with Crippen molar-refractivity contribution in [3.63, 3.8) is 0 Å². The summed E-state index contributed by atoms with van der Waals surface area (Å²) >= 11 is 0. The Bertz CT molecular complexity index is 769. The van der Waals surface area contributed by atoms with Gasteiger partial charge in [-0.1, -0.05) is 6.08 Å². The standard InChI is InChI=1S/C19H20O6/c1-22-15-8-6-13(11-16(15)23-2)14(20)7-5-12-9-17(24-3)19(21)18(10-12)25-4/h5-11,21H,1-4H3/b7-5+. The maximum absolute atomic E-state index is 12.4. The molecule has 2 rings (SSSR count). The Hall–Kier alpha value is -3.15. The Balaban J connectivity index is 2.28. The van der Waals surface area contributed by atoms with Crippen molar-refractivity contribution in [3.05, 3.63) is 47.5 Å². The molecular formula is C19H20O6. The van der Waals surface area contributed by atoms with Crippen LogP contribution in [-0.2, 0) is 0 Å². The van der Waals surface area contributed by atoms with Crippen molar-refractivity contribution in [2.75, 3.05) is 28.4 Å². The SMILES string of the molecule is COc1ccc(C(=O)/C=C/c2cc(OC)c(O)c(OC)c2)cc1OC. The summed E-state index contributed by atoms with van der Waals surface area (Å²) in [6.45, 7) is 0. The summed E-state index contributed by atoms with van der Waals surface area (Å²) in [5.74, 6) is 1.27. The predicted octanol–water partition coefficient (Wildman–Crippen LogP) is 3.32. The summed E-state index contributed by atoms with van der Waals surface area (Å²) in [4.78, 5) is 12.4. The number of benzene rings is 2. The van der Waals surface area contributed by atoms with Crippen LogP contribution in [0.1, 0.15) is 15.9 Å². The summed E-state index contributed by atoms with van der Waals surface area (Å²) in [7, 11) is 5.93. The van der Waals surface area contributed by atoms with Gasteiger partial charge < -0.3 is 24.1 Å². The van der Waals surface area contributed by atoms with Crippen molar-refractivity contribution in [3.8, 4) is 28.7 Å². The van der Waals surface area contributed by atoms with Crippen LogP contribution >= 0.6 is 0 Å². The summed E-state index contributed by atoms with van der Waals surface area (Å²) in [6.07, 6.45) is 3.04. The van der Waals surface area contributed by atoms with Gasteiger partial charge in [-0.05, 0) is 42.0 Å². The van der Waals surface area contributed by atoms with E-state index in [4.69, 9.17) is 18.9 Å². The molecule has 0 bridgehead atoms. The molecular weight excluding hydrogens is 324 g/mol. The third-order valence-electron chi connectivity index (χ3n) is 3.60. The van der Waals surface area contributed by atoms with Crippen LogP contribution in [0.15, 0.2) is 36.4 Å². The smallest absolute Gasteiger partial charge is 0.200 e. The first-order valence-electron chi connectivity index (χ1n) is 7.43. The second-order valence-corrected chi connectivity index (χ2v) is 5.04. The molecule has 0 saturated heterocycles. The zero-order valence-corrected chi connectivity index (χ0v) is 14.5. The number of aromatic hydroxyl groups is 1. The van der Waals surface area contributed by atoms with E-state index >= 15 is 0 Å². The third-order valence-corrected chi connectivity index (χ3v) is 3.60. The Labute approximate surface area is 146 Å². The first-order valence-corrected chi connectivity index (χ1v) is 7.43. The normalized spacial score (nSPS) is 10.6. The molecule has 0 aliphatic rings. The lowest BCUT2D eigenvalue weighted by Gasteiger charge is -2.09. The van der Waals surface area contributed by atoms with E-state index in [1.54, 1.807) is 36.4 Å². The summed E-state index contributed by atoms with van der Waals surface area (Å²) in [6, 6.07) is 8.16. The first kappa shape index (κ1) is 18.2. The minimum Gasteiger partial charge on any atom is -0.502 e. The lowest BCUT2D eigenvalue weighted by molar-refractivity contribution is 0.104. The maximum atomic E-state index is 12.4. The number of hydrogen-bond donors (Lipinski definition) is 1. The lowest BCUT2D eigenvalue weighted by Crippen LogP contribution is -1.97. The number of carbonyl (C=O) groups excluding carboxylic acids is 1. The average molecular weight is 344 g/mol. The van der Waals surface area contributed by atoms with Gasteiger partial charge in [-0.3, -0.25) is 4.79 Å². The lowest BCUT2D eigenvalue weighted by atomic mass is 10.1. The van der Waals surface area contributed by atoms with E-state index in [0.717, 1.165) is 0 Å². The zero-order valence-electron chi connectivity index (χ0n) is 14.5. The number of ketones is 1. The van der Waals surface area contributed by atoms with Crippen LogP contribution < -0.4 is 18.9 Å². The van der Waals surface area contributed by atoms with Crippen LogP contribution in [0.25, 0.3) is 6.08 Å². The number of rotatable bonds is 7. The van der Waals surface area contributed by atoms with E-state index in [9.17, 15) is 9.90 Å². The quantitative estimate of drug-likeness (QED) is 0.613. The highest BCUT2D eigenvalue weighted by Gasteiger charge is 2.11. The first-order chi connectivity index (χ1) is 12.0. The summed E-state index contributed by atoms with van der Waals surface area (Å²) < 4.78 is 20.6. The van der Waals surface area contributed by atoms with Crippen molar-refractivity contribution in [1.82, 2.24) is 0 Å². The topological polar surface area (TPSA) is 74.2 Å². The molecule has 0 atom stereocenters. The van der Waals surface area contributed by atoms with Crippen molar-refractivity contribution in [2.24, 2.45) is 0 Å². The molecule has 6 nitrogen and oxygen atoms in total. The van der Waals surface area contributed by atoms with Crippen LogP contribution in [0, 0.1) is 0 Å².